The Labute approximate surface area is 94.5 Å². The molecule has 0 amide bonds. The molecule has 2 atom stereocenters. The number of halogens is 1. The third kappa shape index (κ3) is 2.52. The van der Waals surface area contributed by atoms with Gasteiger partial charge in [-0.25, -0.2) is 4.39 Å². The molecule has 0 bridgehead atoms. The van der Waals surface area contributed by atoms with Crippen LogP contribution in [-0.2, 0) is 0 Å². The minimum atomic E-state index is -0.158. The maximum atomic E-state index is 12.8. The summed E-state index contributed by atoms with van der Waals surface area (Å²) in [5.74, 6) is 2.99. The standard InChI is InChI=1S/C12H16FNS/c1-14-12(10-6-7-15-8-10)9-2-4-11(13)5-3-9/h2-5,10,12,14H,6-8H2,1H3. The van der Waals surface area contributed by atoms with E-state index in [1.807, 2.05) is 30.9 Å². The summed E-state index contributed by atoms with van der Waals surface area (Å²) in [5, 5.41) is 3.34. The van der Waals surface area contributed by atoms with Crippen LogP contribution in [0.5, 0.6) is 0 Å². The molecule has 1 fully saturated rings. The highest BCUT2D eigenvalue weighted by Crippen LogP contribution is 2.33. The molecule has 2 rings (SSSR count). The highest BCUT2D eigenvalue weighted by Gasteiger charge is 2.25. The Morgan fingerprint density at radius 1 is 1.40 bits per heavy atom. The Kier molecular flexibility index (Phi) is 3.65. The molecule has 0 spiro atoms. The third-order valence-corrected chi connectivity index (χ3v) is 4.16. The second kappa shape index (κ2) is 4.99. The molecule has 1 aromatic rings. The fourth-order valence-corrected chi connectivity index (χ4v) is 3.46. The lowest BCUT2D eigenvalue weighted by Gasteiger charge is -2.22. The van der Waals surface area contributed by atoms with Gasteiger partial charge in [0.1, 0.15) is 5.82 Å². The van der Waals surface area contributed by atoms with Crippen LogP contribution >= 0.6 is 11.8 Å². The van der Waals surface area contributed by atoms with Gasteiger partial charge in [0, 0.05) is 6.04 Å². The SMILES string of the molecule is CNC(c1ccc(F)cc1)C1CCSC1. The normalized spacial score (nSPS) is 22.9. The van der Waals surface area contributed by atoms with Crippen LogP contribution in [0.1, 0.15) is 18.0 Å². The molecule has 2 unspecified atom stereocenters. The van der Waals surface area contributed by atoms with Crippen LogP contribution in [-0.4, -0.2) is 18.6 Å². The summed E-state index contributed by atoms with van der Waals surface area (Å²) < 4.78 is 12.8. The Bertz CT molecular complexity index is 306. The first kappa shape index (κ1) is 11.0. The highest BCUT2D eigenvalue weighted by molar-refractivity contribution is 7.99. The molecule has 3 heteroatoms. The maximum Gasteiger partial charge on any atom is 0.123 e. The van der Waals surface area contributed by atoms with Gasteiger partial charge in [-0.15, -0.1) is 0 Å². The van der Waals surface area contributed by atoms with Crippen LogP contribution < -0.4 is 5.32 Å². The summed E-state index contributed by atoms with van der Waals surface area (Å²) in [7, 11) is 1.98. The van der Waals surface area contributed by atoms with Gasteiger partial charge in [-0.2, -0.15) is 11.8 Å². The predicted octanol–water partition coefficient (Wildman–Crippen LogP) is 2.84. The first-order valence-electron chi connectivity index (χ1n) is 5.31. The molecule has 82 valence electrons. The Hall–Kier alpha value is -0.540. The van der Waals surface area contributed by atoms with Gasteiger partial charge in [0.2, 0.25) is 0 Å². The molecule has 1 nitrogen and oxygen atoms in total. The topological polar surface area (TPSA) is 12.0 Å². The fraction of sp³-hybridized carbons (Fsp3) is 0.500. The fourth-order valence-electron chi connectivity index (χ4n) is 2.16. The van der Waals surface area contributed by atoms with Gasteiger partial charge < -0.3 is 5.32 Å². The lowest BCUT2D eigenvalue weighted by atomic mass is 9.93. The highest BCUT2D eigenvalue weighted by atomic mass is 32.2. The van der Waals surface area contributed by atoms with Crippen molar-refractivity contribution in [3.63, 3.8) is 0 Å². The molecule has 0 aliphatic carbocycles. The minimum Gasteiger partial charge on any atom is -0.313 e. The van der Waals surface area contributed by atoms with E-state index in [2.05, 4.69) is 5.32 Å². The van der Waals surface area contributed by atoms with E-state index in [9.17, 15) is 4.39 Å². The molecular formula is C12H16FNS. The summed E-state index contributed by atoms with van der Waals surface area (Å²) in [6.45, 7) is 0. The lowest BCUT2D eigenvalue weighted by Crippen LogP contribution is -2.25. The quantitative estimate of drug-likeness (QED) is 0.849. The molecule has 0 saturated carbocycles. The van der Waals surface area contributed by atoms with E-state index in [0.29, 0.717) is 12.0 Å². The van der Waals surface area contributed by atoms with E-state index in [0.717, 1.165) is 0 Å². The molecule has 1 aliphatic heterocycles. The zero-order valence-corrected chi connectivity index (χ0v) is 9.69. The van der Waals surface area contributed by atoms with Crippen molar-refractivity contribution in [3.8, 4) is 0 Å². The molecule has 1 saturated heterocycles. The van der Waals surface area contributed by atoms with Crippen molar-refractivity contribution in [1.29, 1.82) is 0 Å². The second-order valence-corrected chi connectivity index (χ2v) is 5.09. The number of thioether (sulfide) groups is 1. The third-order valence-electron chi connectivity index (χ3n) is 2.98. The van der Waals surface area contributed by atoms with E-state index in [-0.39, 0.29) is 5.82 Å². The van der Waals surface area contributed by atoms with Crippen LogP contribution in [0, 0.1) is 11.7 Å². The van der Waals surface area contributed by atoms with Crippen LogP contribution in [0.4, 0.5) is 4.39 Å². The van der Waals surface area contributed by atoms with Gasteiger partial charge in [-0.3, -0.25) is 0 Å². The number of hydrogen-bond acceptors (Lipinski definition) is 2. The molecule has 15 heavy (non-hydrogen) atoms. The smallest absolute Gasteiger partial charge is 0.123 e. The molecule has 0 aromatic heterocycles. The largest absolute Gasteiger partial charge is 0.313 e. The van der Waals surface area contributed by atoms with Crippen molar-refractivity contribution in [2.45, 2.75) is 12.5 Å². The van der Waals surface area contributed by atoms with Crippen molar-refractivity contribution in [1.82, 2.24) is 5.32 Å². The molecule has 1 aromatic carbocycles. The summed E-state index contributed by atoms with van der Waals surface area (Å²) in [6, 6.07) is 7.24. The van der Waals surface area contributed by atoms with Crippen molar-refractivity contribution in [2.75, 3.05) is 18.6 Å². The lowest BCUT2D eigenvalue weighted by molar-refractivity contribution is 0.419. The Morgan fingerprint density at radius 3 is 2.67 bits per heavy atom. The van der Waals surface area contributed by atoms with Gasteiger partial charge in [0.15, 0.2) is 0 Å². The number of benzene rings is 1. The number of nitrogens with one attached hydrogen (secondary N) is 1. The summed E-state index contributed by atoms with van der Waals surface area (Å²) in [6.07, 6.45) is 1.26. The van der Waals surface area contributed by atoms with Crippen molar-refractivity contribution in [2.24, 2.45) is 5.92 Å². The molecule has 1 aliphatic rings. The van der Waals surface area contributed by atoms with Crippen LogP contribution in [0.2, 0.25) is 0 Å². The Balaban J connectivity index is 2.14. The second-order valence-electron chi connectivity index (χ2n) is 3.94. The van der Waals surface area contributed by atoms with Gasteiger partial charge in [0.25, 0.3) is 0 Å². The van der Waals surface area contributed by atoms with Gasteiger partial charge in [0.05, 0.1) is 0 Å². The van der Waals surface area contributed by atoms with Crippen LogP contribution in [0.15, 0.2) is 24.3 Å². The summed E-state index contributed by atoms with van der Waals surface area (Å²) in [4.78, 5) is 0. The first-order chi connectivity index (χ1) is 7.31. The maximum absolute atomic E-state index is 12.8. The Morgan fingerprint density at radius 2 is 2.13 bits per heavy atom. The molecular weight excluding hydrogens is 209 g/mol. The average Bonchev–Trinajstić information content (AvgIpc) is 2.75. The zero-order chi connectivity index (χ0) is 10.7. The zero-order valence-electron chi connectivity index (χ0n) is 8.87. The molecule has 1 heterocycles. The number of rotatable bonds is 3. The van der Waals surface area contributed by atoms with E-state index < -0.39 is 0 Å². The van der Waals surface area contributed by atoms with Gasteiger partial charge in [-0.05, 0) is 48.6 Å². The van der Waals surface area contributed by atoms with Crippen molar-refractivity contribution < 1.29 is 4.39 Å². The number of hydrogen-bond donors (Lipinski definition) is 1. The first-order valence-corrected chi connectivity index (χ1v) is 6.47. The van der Waals surface area contributed by atoms with Crippen molar-refractivity contribution in [3.05, 3.63) is 35.6 Å². The summed E-state index contributed by atoms with van der Waals surface area (Å²) in [5.41, 5.74) is 1.20. The molecule has 1 N–H and O–H groups in total. The molecule has 0 radical (unpaired) electrons. The van der Waals surface area contributed by atoms with Gasteiger partial charge >= 0.3 is 0 Å². The van der Waals surface area contributed by atoms with E-state index in [1.165, 1.54) is 23.5 Å². The monoisotopic (exact) mass is 225 g/mol. The predicted molar refractivity (Wildman–Crippen MR) is 63.6 cm³/mol. The van der Waals surface area contributed by atoms with Crippen LogP contribution in [0.25, 0.3) is 0 Å². The minimum absolute atomic E-state index is 0.158. The van der Waals surface area contributed by atoms with Crippen LogP contribution in [0.3, 0.4) is 0 Å². The van der Waals surface area contributed by atoms with Gasteiger partial charge in [-0.1, -0.05) is 12.1 Å². The van der Waals surface area contributed by atoms with E-state index in [4.69, 9.17) is 0 Å². The summed E-state index contributed by atoms with van der Waals surface area (Å²) >= 11 is 2.01. The van der Waals surface area contributed by atoms with Crippen molar-refractivity contribution >= 4 is 11.8 Å². The van der Waals surface area contributed by atoms with E-state index in [1.54, 1.807) is 12.1 Å². The average molecular weight is 225 g/mol. The van der Waals surface area contributed by atoms with E-state index >= 15 is 0 Å².